The first kappa shape index (κ1) is 18.8. The van der Waals surface area contributed by atoms with Gasteiger partial charge in [-0.3, -0.25) is 4.79 Å². The van der Waals surface area contributed by atoms with E-state index in [9.17, 15) is 4.79 Å². The van der Waals surface area contributed by atoms with E-state index in [1.165, 1.54) is 11.3 Å². The van der Waals surface area contributed by atoms with Gasteiger partial charge in [-0.15, -0.1) is 11.3 Å². The van der Waals surface area contributed by atoms with Gasteiger partial charge in [0, 0.05) is 16.0 Å². The van der Waals surface area contributed by atoms with Crippen LogP contribution in [-0.4, -0.2) is 20.7 Å². The SMILES string of the molecule is Cc1nc(C(C)(C)C)sc1C(=O)Nc1ccnn1Cc1ccc(Br)cc1. The van der Waals surface area contributed by atoms with Gasteiger partial charge in [-0.2, -0.15) is 5.10 Å². The van der Waals surface area contributed by atoms with Crippen molar-refractivity contribution in [1.29, 1.82) is 0 Å². The molecule has 2 heterocycles. The summed E-state index contributed by atoms with van der Waals surface area (Å²) < 4.78 is 2.81. The van der Waals surface area contributed by atoms with E-state index in [2.05, 4.69) is 52.1 Å². The van der Waals surface area contributed by atoms with Crippen molar-refractivity contribution in [2.24, 2.45) is 0 Å². The molecule has 0 spiro atoms. The van der Waals surface area contributed by atoms with Gasteiger partial charge >= 0.3 is 0 Å². The van der Waals surface area contributed by atoms with Crippen molar-refractivity contribution in [3.63, 3.8) is 0 Å². The van der Waals surface area contributed by atoms with Crippen LogP contribution in [0.1, 0.15) is 46.7 Å². The zero-order valence-corrected chi connectivity index (χ0v) is 17.6. The molecule has 0 aliphatic heterocycles. The van der Waals surface area contributed by atoms with Crippen LogP contribution in [0.4, 0.5) is 5.82 Å². The Bertz CT molecular complexity index is 922. The number of hydrogen-bond donors (Lipinski definition) is 1. The fraction of sp³-hybridized carbons (Fsp3) is 0.316. The van der Waals surface area contributed by atoms with Gasteiger partial charge in [-0.25, -0.2) is 9.67 Å². The molecule has 0 unspecified atom stereocenters. The molecule has 1 amide bonds. The molecule has 26 heavy (non-hydrogen) atoms. The summed E-state index contributed by atoms with van der Waals surface area (Å²) in [5.41, 5.74) is 1.80. The second kappa shape index (κ2) is 7.32. The summed E-state index contributed by atoms with van der Waals surface area (Å²) in [5, 5.41) is 8.25. The summed E-state index contributed by atoms with van der Waals surface area (Å²) in [4.78, 5) is 17.9. The van der Waals surface area contributed by atoms with Crippen LogP contribution in [0.15, 0.2) is 41.0 Å². The molecule has 0 atom stereocenters. The van der Waals surface area contributed by atoms with Crippen molar-refractivity contribution in [2.75, 3.05) is 5.32 Å². The number of nitrogens with zero attached hydrogens (tertiary/aromatic N) is 3. The summed E-state index contributed by atoms with van der Waals surface area (Å²) in [6, 6.07) is 9.84. The Labute approximate surface area is 165 Å². The molecule has 0 saturated heterocycles. The Balaban J connectivity index is 1.78. The molecule has 1 aromatic carbocycles. The van der Waals surface area contributed by atoms with E-state index in [0.717, 1.165) is 20.7 Å². The summed E-state index contributed by atoms with van der Waals surface area (Å²) in [6.45, 7) is 8.76. The molecule has 0 fully saturated rings. The zero-order valence-electron chi connectivity index (χ0n) is 15.2. The Morgan fingerprint density at radius 1 is 1.23 bits per heavy atom. The van der Waals surface area contributed by atoms with Crippen LogP contribution in [0, 0.1) is 6.92 Å². The molecule has 7 heteroatoms. The highest BCUT2D eigenvalue weighted by molar-refractivity contribution is 9.10. The predicted molar refractivity (Wildman–Crippen MR) is 109 cm³/mol. The third-order valence-electron chi connectivity index (χ3n) is 3.85. The number of benzene rings is 1. The lowest BCUT2D eigenvalue weighted by Crippen LogP contribution is -2.16. The van der Waals surface area contributed by atoms with Crippen molar-refractivity contribution < 1.29 is 4.79 Å². The molecular formula is C19H21BrN4OS. The third kappa shape index (κ3) is 4.22. The van der Waals surface area contributed by atoms with Gasteiger partial charge in [0.2, 0.25) is 0 Å². The minimum atomic E-state index is -0.145. The first-order valence-corrected chi connectivity index (χ1v) is 9.90. The summed E-state index contributed by atoms with van der Waals surface area (Å²) in [5.74, 6) is 0.524. The van der Waals surface area contributed by atoms with E-state index < -0.39 is 0 Å². The molecule has 2 aromatic heterocycles. The first-order valence-electron chi connectivity index (χ1n) is 8.29. The van der Waals surface area contributed by atoms with Gasteiger partial charge in [-0.05, 0) is 24.6 Å². The summed E-state index contributed by atoms with van der Waals surface area (Å²) >= 11 is 4.88. The number of nitrogens with one attached hydrogen (secondary N) is 1. The molecule has 3 rings (SSSR count). The smallest absolute Gasteiger partial charge is 0.268 e. The lowest BCUT2D eigenvalue weighted by atomic mass is 9.98. The number of carbonyl (C=O) groups excluding carboxylic acids is 1. The number of halogens is 1. The lowest BCUT2D eigenvalue weighted by molar-refractivity contribution is 0.102. The topological polar surface area (TPSA) is 59.8 Å². The van der Waals surface area contributed by atoms with Gasteiger partial charge < -0.3 is 5.32 Å². The maximum absolute atomic E-state index is 12.7. The molecule has 136 valence electrons. The van der Waals surface area contributed by atoms with E-state index >= 15 is 0 Å². The summed E-state index contributed by atoms with van der Waals surface area (Å²) in [6.07, 6.45) is 1.69. The van der Waals surface area contributed by atoms with E-state index in [4.69, 9.17) is 0 Å². The van der Waals surface area contributed by atoms with Gasteiger partial charge in [0.15, 0.2) is 0 Å². The fourth-order valence-corrected chi connectivity index (χ4v) is 3.71. The average Bonchev–Trinajstić information content (AvgIpc) is 3.16. The lowest BCUT2D eigenvalue weighted by Gasteiger charge is -2.13. The van der Waals surface area contributed by atoms with E-state index in [1.54, 1.807) is 16.9 Å². The van der Waals surface area contributed by atoms with Crippen LogP contribution in [0.25, 0.3) is 0 Å². The second-order valence-corrected chi connectivity index (χ2v) is 9.05. The van der Waals surface area contributed by atoms with Crippen molar-refractivity contribution in [1.82, 2.24) is 14.8 Å². The highest BCUT2D eigenvalue weighted by atomic mass is 79.9. The first-order chi connectivity index (χ1) is 12.2. The van der Waals surface area contributed by atoms with Gasteiger partial charge in [0.05, 0.1) is 23.4 Å². The number of rotatable bonds is 4. The van der Waals surface area contributed by atoms with Crippen LogP contribution >= 0.6 is 27.3 Å². The van der Waals surface area contributed by atoms with E-state index in [1.807, 2.05) is 31.2 Å². The largest absolute Gasteiger partial charge is 0.306 e. The Kier molecular flexibility index (Phi) is 5.29. The minimum absolute atomic E-state index is 0.0721. The number of anilines is 1. The van der Waals surface area contributed by atoms with Crippen LogP contribution in [0.5, 0.6) is 0 Å². The Morgan fingerprint density at radius 3 is 2.54 bits per heavy atom. The van der Waals surface area contributed by atoms with Crippen LogP contribution in [0.3, 0.4) is 0 Å². The van der Waals surface area contributed by atoms with Crippen LogP contribution in [-0.2, 0) is 12.0 Å². The number of hydrogen-bond acceptors (Lipinski definition) is 4. The second-order valence-electron chi connectivity index (χ2n) is 7.14. The maximum atomic E-state index is 12.7. The molecule has 0 radical (unpaired) electrons. The molecular weight excluding hydrogens is 412 g/mol. The molecule has 1 N–H and O–H groups in total. The molecule has 0 bridgehead atoms. The quantitative estimate of drug-likeness (QED) is 0.630. The minimum Gasteiger partial charge on any atom is -0.306 e. The maximum Gasteiger partial charge on any atom is 0.268 e. The van der Waals surface area contributed by atoms with Crippen molar-refractivity contribution in [3.05, 3.63) is 62.1 Å². The molecule has 5 nitrogen and oxygen atoms in total. The standard InChI is InChI=1S/C19H21BrN4OS/c1-12-16(26-18(22-12)19(2,3)4)17(25)23-15-9-10-21-24(15)11-13-5-7-14(20)8-6-13/h5-10H,11H2,1-4H3,(H,23,25). The number of aromatic nitrogens is 3. The van der Waals surface area contributed by atoms with E-state index in [-0.39, 0.29) is 11.3 Å². The van der Waals surface area contributed by atoms with Gasteiger partial charge in [-0.1, -0.05) is 48.8 Å². The zero-order chi connectivity index (χ0) is 18.9. The molecule has 3 aromatic rings. The Hall–Kier alpha value is -1.99. The monoisotopic (exact) mass is 432 g/mol. The van der Waals surface area contributed by atoms with E-state index in [0.29, 0.717) is 17.2 Å². The third-order valence-corrected chi connectivity index (χ3v) is 5.96. The van der Waals surface area contributed by atoms with Gasteiger partial charge in [0.25, 0.3) is 5.91 Å². The predicted octanol–water partition coefficient (Wildman–Crippen LogP) is 5.01. The number of amides is 1. The van der Waals surface area contributed by atoms with Crippen LogP contribution in [0.2, 0.25) is 0 Å². The normalized spacial score (nSPS) is 11.6. The summed E-state index contributed by atoms with van der Waals surface area (Å²) in [7, 11) is 0. The molecule has 0 saturated carbocycles. The molecule has 0 aliphatic rings. The number of aryl methyl sites for hydroxylation is 1. The fourth-order valence-electron chi connectivity index (χ4n) is 2.43. The average molecular weight is 433 g/mol. The Morgan fingerprint density at radius 2 is 1.92 bits per heavy atom. The number of carbonyl (C=O) groups is 1. The highest BCUT2D eigenvalue weighted by Gasteiger charge is 2.23. The van der Waals surface area contributed by atoms with Crippen LogP contribution < -0.4 is 5.32 Å². The van der Waals surface area contributed by atoms with Crippen molar-refractivity contribution in [2.45, 2.75) is 39.7 Å². The van der Waals surface area contributed by atoms with Crippen molar-refractivity contribution in [3.8, 4) is 0 Å². The van der Waals surface area contributed by atoms with Gasteiger partial charge in [0.1, 0.15) is 10.7 Å². The number of thiazole rings is 1. The van der Waals surface area contributed by atoms with Crippen molar-refractivity contribution >= 4 is 39.0 Å². The molecule has 0 aliphatic carbocycles. The highest BCUT2D eigenvalue weighted by Crippen LogP contribution is 2.29.